The predicted molar refractivity (Wildman–Crippen MR) is 96.5 cm³/mol. The van der Waals surface area contributed by atoms with Gasteiger partial charge in [-0.05, 0) is 56.5 Å². The number of piperidine rings is 1. The molecule has 0 aromatic heterocycles. The standard InChI is InChI=1S/C19H28F2N4/c1-22-19(23-12-16-11-17(20)5-6-18(16)21)25-10-7-15(14-25)13-24-8-3-2-4-9-24/h5-6,11,15H,2-4,7-10,12-14H2,1H3,(H,22,23). The molecule has 0 saturated carbocycles. The molecule has 0 bridgehead atoms. The molecule has 2 fully saturated rings. The number of guanidine groups is 1. The normalized spacial score (nSPS) is 22.4. The Morgan fingerprint density at radius 1 is 1.20 bits per heavy atom. The maximum absolute atomic E-state index is 13.8. The van der Waals surface area contributed by atoms with Crippen LogP contribution in [0, 0.1) is 17.6 Å². The molecule has 0 radical (unpaired) electrons. The summed E-state index contributed by atoms with van der Waals surface area (Å²) in [5, 5.41) is 3.18. The molecule has 2 aliphatic rings. The summed E-state index contributed by atoms with van der Waals surface area (Å²) in [5.41, 5.74) is 0.324. The van der Waals surface area contributed by atoms with Crippen LogP contribution in [-0.2, 0) is 6.54 Å². The van der Waals surface area contributed by atoms with E-state index >= 15 is 0 Å². The summed E-state index contributed by atoms with van der Waals surface area (Å²) >= 11 is 0. The van der Waals surface area contributed by atoms with Crippen molar-refractivity contribution in [2.45, 2.75) is 32.2 Å². The van der Waals surface area contributed by atoms with Crippen LogP contribution in [0.4, 0.5) is 8.78 Å². The maximum Gasteiger partial charge on any atom is 0.193 e. The lowest BCUT2D eigenvalue weighted by Gasteiger charge is -2.29. The quantitative estimate of drug-likeness (QED) is 0.669. The van der Waals surface area contributed by atoms with Gasteiger partial charge in [0.2, 0.25) is 0 Å². The summed E-state index contributed by atoms with van der Waals surface area (Å²) in [6.07, 6.45) is 5.16. The molecule has 6 heteroatoms. The lowest BCUT2D eigenvalue weighted by molar-refractivity contribution is 0.198. The van der Waals surface area contributed by atoms with Crippen molar-refractivity contribution >= 4 is 5.96 Å². The van der Waals surface area contributed by atoms with Gasteiger partial charge in [0, 0.05) is 38.8 Å². The van der Waals surface area contributed by atoms with Crippen LogP contribution in [0.15, 0.2) is 23.2 Å². The van der Waals surface area contributed by atoms with Crippen LogP contribution < -0.4 is 5.32 Å². The minimum atomic E-state index is -0.420. The summed E-state index contributed by atoms with van der Waals surface area (Å²) in [5.74, 6) is 0.608. The molecule has 0 amide bonds. The Bertz CT molecular complexity index is 599. The van der Waals surface area contributed by atoms with E-state index in [1.807, 2.05) is 0 Å². The van der Waals surface area contributed by atoms with Crippen molar-refractivity contribution in [2.75, 3.05) is 39.8 Å². The molecule has 1 aromatic carbocycles. The van der Waals surface area contributed by atoms with E-state index in [1.54, 1.807) is 7.05 Å². The van der Waals surface area contributed by atoms with Gasteiger partial charge in [0.05, 0.1) is 0 Å². The molecule has 1 unspecified atom stereocenters. The van der Waals surface area contributed by atoms with Gasteiger partial charge in [-0.1, -0.05) is 6.42 Å². The molecular formula is C19H28F2N4. The maximum atomic E-state index is 13.8. The van der Waals surface area contributed by atoms with Crippen molar-refractivity contribution in [3.63, 3.8) is 0 Å². The van der Waals surface area contributed by atoms with Crippen LogP contribution in [0.5, 0.6) is 0 Å². The topological polar surface area (TPSA) is 30.9 Å². The van der Waals surface area contributed by atoms with Crippen molar-refractivity contribution in [1.29, 1.82) is 0 Å². The summed E-state index contributed by atoms with van der Waals surface area (Å²) in [6, 6.07) is 3.54. The number of nitrogens with one attached hydrogen (secondary N) is 1. The van der Waals surface area contributed by atoms with Crippen LogP contribution in [0.3, 0.4) is 0 Å². The lowest BCUT2D eigenvalue weighted by atomic mass is 10.1. The summed E-state index contributed by atoms with van der Waals surface area (Å²) in [6.45, 7) is 5.78. The van der Waals surface area contributed by atoms with Gasteiger partial charge in [0.25, 0.3) is 0 Å². The van der Waals surface area contributed by atoms with E-state index in [2.05, 4.69) is 20.1 Å². The van der Waals surface area contributed by atoms with Gasteiger partial charge in [-0.3, -0.25) is 4.99 Å². The van der Waals surface area contributed by atoms with Gasteiger partial charge in [0.15, 0.2) is 5.96 Å². The molecule has 0 aliphatic carbocycles. The average molecular weight is 350 g/mol. The Labute approximate surface area is 148 Å². The number of likely N-dealkylation sites (tertiary alicyclic amines) is 2. The van der Waals surface area contributed by atoms with E-state index in [9.17, 15) is 8.78 Å². The highest BCUT2D eigenvalue weighted by atomic mass is 19.1. The molecular weight excluding hydrogens is 322 g/mol. The minimum Gasteiger partial charge on any atom is -0.352 e. The van der Waals surface area contributed by atoms with E-state index in [4.69, 9.17) is 0 Å². The van der Waals surface area contributed by atoms with E-state index in [0.29, 0.717) is 11.5 Å². The first-order valence-electron chi connectivity index (χ1n) is 9.27. The van der Waals surface area contributed by atoms with E-state index in [1.165, 1.54) is 44.5 Å². The second-order valence-corrected chi connectivity index (χ2v) is 7.10. The third-order valence-electron chi connectivity index (χ3n) is 5.21. The van der Waals surface area contributed by atoms with Gasteiger partial charge in [-0.25, -0.2) is 8.78 Å². The molecule has 138 valence electrons. The fraction of sp³-hybridized carbons (Fsp3) is 0.632. The summed E-state index contributed by atoms with van der Waals surface area (Å²) < 4.78 is 27.0. The number of nitrogens with zero attached hydrogens (tertiary/aromatic N) is 3. The van der Waals surface area contributed by atoms with Gasteiger partial charge < -0.3 is 15.1 Å². The van der Waals surface area contributed by atoms with Crippen LogP contribution in [0.2, 0.25) is 0 Å². The Balaban J connectivity index is 1.50. The number of rotatable bonds is 4. The smallest absolute Gasteiger partial charge is 0.193 e. The van der Waals surface area contributed by atoms with Crippen molar-refractivity contribution in [2.24, 2.45) is 10.9 Å². The minimum absolute atomic E-state index is 0.240. The Kier molecular flexibility index (Phi) is 6.24. The SMILES string of the molecule is CN=C(NCc1cc(F)ccc1F)N1CCC(CN2CCCCC2)C1. The zero-order chi connectivity index (χ0) is 17.6. The van der Waals surface area contributed by atoms with Gasteiger partial charge >= 0.3 is 0 Å². The second kappa shape index (κ2) is 8.61. The molecule has 0 spiro atoms. The highest BCUT2D eigenvalue weighted by Crippen LogP contribution is 2.20. The van der Waals surface area contributed by atoms with Gasteiger partial charge in [-0.15, -0.1) is 0 Å². The van der Waals surface area contributed by atoms with Crippen molar-refractivity contribution in [1.82, 2.24) is 15.1 Å². The largest absolute Gasteiger partial charge is 0.352 e. The van der Waals surface area contributed by atoms with Crippen molar-refractivity contribution in [3.8, 4) is 0 Å². The average Bonchev–Trinajstić information content (AvgIpc) is 3.07. The molecule has 3 rings (SSSR count). The van der Waals surface area contributed by atoms with Gasteiger partial charge in [0.1, 0.15) is 11.6 Å². The fourth-order valence-electron chi connectivity index (χ4n) is 3.87. The van der Waals surface area contributed by atoms with Gasteiger partial charge in [-0.2, -0.15) is 0 Å². The number of benzene rings is 1. The zero-order valence-corrected chi connectivity index (χ0v) is 15.0. The summed E-state index contributed by atoms with van der Waals surface area (Å²) in [7, 11) is 1.74. The van der Waals surface area contributed by atoms with Crippen molar-refractivity contribution in [3.05, 3.63) is 35.4 Å². The molecule has 2 aliphatic heterocycles. The molecule has 1 atom stereocenters. The first kappa shape index (κ1) is 18.1. The van der Waals surface area contributed by atoms with E-state index in [0.717, 1.165) is 38.1 Å². The molecule has 1 aromatic rings. The Hall–Kier alpha value is -1.69. The number of halogens is 2. The molecule has 1 N–H and O–H groups in total. The number of aliphatic imine (C=N–C) groups is 1. The zero-order valence-electron chi connectivity index (χ0n) is 15.0. The monoisotopic (exact) mass is 350 g/mol. The molecule has 2 saturated heterocycles. The molecule has 2 heterocycles. The predicted octanol–water partition coefficient (Wildman–Crippen LogP) is 2.85. The van der Waals surface area contributed by atoms with Crippen LogP contribution in [-0.4, -0.2) is 55.5 Å². The van der Waals surface area contributed by atoms with Crippen LogP contribution in [0.25, 0.3) is 0 Å². The number of hydrogen-bond donors (Lipinski definition) is 1. The summed E-state index contributed by atoms with van der Waals surface area (Å²) in [4.78, 5) is 9.13. The van der Waals surface area contributed by atoms with Crippen LogP contribution >= 0.6 is 0 Å². The molecule has 25 heavy (non-hydrogen) atoms. The highest BCUT2D eigenvalue weighted by molar-refractivity contribution is 5.80. The lowest BCUT2D eigenvalue weighted by Crippen LogP contribution is -2.41. The highest BCUT2D eigenvalue weighted by Gasteiger charge is 2.27. The third kappa shape index (κ3) is 4.91. The van der Waals surface area contributed by atoms with Crippen LogP contribution in [0.1, 0.15) is 31.2 Å². The van der Waals surface area contributed by atoms with E-state index in [-0.39, 0.29) is 6.54 Å². The van der Waals surface area contributed by atoms with Crippen molar-refractivity contribution < 1.29 is 8.78 Å². The Morgan fingerprint density at radius 2 is 2.00 bits per heavy atom. The first-order valence-corrected chi connectivity index (χ1v) is 9.27. The molecule has 4 nitrogen and oxygen atoms in total. The van der Waals surface area contributed by atoms with E-state index < -0.39 is 11.6 Å². The third-order valence-corrected chi connectivity index (χ3v) is 5.21. The Morgan fingerprint density at radius 3 is 2.76 bits per heavy atom. The fourth-order valence-corrected chi connectivity index (χ4v) is 3.87. The first-order chi connectivity index (χ1) is 12.2. The second-order valence-electron chi connectivity index (χ2n) is 7.10. The number of hydrogen-bond acceptors (Lipinski definition) is 2.